The number of fused-ring (bicyclic) bond motifs is 5. The first-order valence-electron chi connectivity index (χ1n) is 27.2. The van der Waals surface area contributed by atoms with Crippen molar-refractivity contribution < 1.29 is 92.5 Å². The topological polar surface area (TPSA) is 401 Å². The number of benzene rings is 1. The van der Waals surface area contributed by atoms with Gasteiger partial charge in [-0.25, -0.2) is 19.0 Å². The van der Waals surface area contributed by atoms with Crippen molar-refractivity contribution in [2.75, 3.05) is 26.5 Å². The maximum Gasteiger partial charge on any atom is 0.343 e. The molecule has 1 aromatic carbocycles. The van der Waals surface area contributed by atoms with Gasteiger partial charge in [-0.2, -0.15) is 0 Å². The van der Waals surface area contributed by atoms with E-state index in [9.17, 15) is 73.5 Å². The SMILES string of the molecule is CC[C@@]1(O)C(=O)OCc2c1cc1n(c2=O)Cc2cc3c(CCCCOCNC(=O)[C@H](C)NC(=O)[C@@H](NC(=O)[C@H](CCC(=O)NC[C@H](O)[C@@H](O)[C@H](O)[C@H](O)CO)NC(=O)CCCCC(=O)ON4C(=O)C=CC4=O)C(C)C)c(C)c(F)cc3nc2-1. The number of unbranched alkanes of at least 4 members (excludes halogenated alkanes) is 2. The fourth-order valence-electron chi connectivity index (χ4n) is 9.57. The first-order chi connectivity index (χ1) is 39.3. The van der Waals surface area contributed by atoms with Crippen molar-refractivity contribution in [1.82, 2.24) is 41.2 Å². The number of aliphatic hydroxyl groups excluding tert-OH is 5. The minimum Gasteiger partial charge on any atom is -0.458 e. The van der Waals surface area contributed by atoms with Gasteiger partial charge >= 0.3 is 11.9 Å². The quantitative estimate of drug-likeness (QED) is 0.0121. The smallest absolute Gasteiger partial charge is 0.343 e. The van der Waals surface area contributed by atoms with Crippen molar-refractivity contribution in [2.24, 2.45) is 5.92 Å². The molecule has 0 saturated carbocycles. The van der Waals surface area contributed by atoms with E-state index in [0.29, 0.717) is 58.2 Å². The number of aliphatic hydroxyl groups is 6. The first kappa shape index (κ1) is 64.6. The van der Waals surface area contributed by atoms with Crippen LogP contribution in [0, 0.1) is 18.7 Å². The molecule has 0 aliphatic carbocycles. The summed E-state index contributed by atoms with van der Waals surface area (Å²) < 4.78 is 27.8. The molecule has 11 N–H and O–H groups in total. The number of amides is 7. The fourth-order valence-corrected chi connectivity index (χ4v) is 9.57. The van der Waals surface area contributed by atoms with E-state index in [1.165, 1.54) is 17.6 Å². The van der Waals surface area contributed by atoms with Crippen LogP contribution in [0.3, 0.4) is 0 Å². The Labute approximate surface area is 474 Å². The Morgan fingerprint density at radius 2 is 1.52 bits per heavy atom. The van der Waals surface area contributed by atoms with Gasteiger partial charge in [-0.1, -0.05) is 25.8 Å². The number of ether oxygens (including phenoxy) is 2. The Morgan fingerprint density at radius 3 is 2.19 bits per heavy atom. The third-order valence-electron chi connectivity index (χ3n) is 14.6. The molecule has 0 unspecified atom stereocenters. The van der Waals surface area contributed by atoms with E-state index in [2.05, 4.69) is 26.6 Å². The van der Waals surface area contributed by atoms with E-state index in [0.717, 1.165) is 12.2 Å². The molecule has 0 fully saturated rings. The van der Waals surface area contributed by atoms with Crippen LogP contribution < -0.4 is 32.1 Å². The summed E-state index contributed by atoms with van der Waals surface area (Å²) in [5.41, 5.74) is 0.974. The Morgan fingerprint density at radius 1 is 0.831 bits per heavy atom. The van der Waals surface area contributed by atoms with Crippen LogP contribution in [-0.2, 0) is 82.6 Å². The number of nitrogens with one attached hydrogen (secondary N) is 5. The van der Waals surface area contributed by atoms with Gasteiger partial charge in [-0.3, -0.25) is 38.4 Å². The Kier molecular flexibility index (Phi) is 22.2. The van der Waals surface area contributed by atoms with Crippen LogP contribution in [0.5, 0.6) is 0 Å². The molecular formula is C55H71FN8O19. The number of aryl methyl sites for hydroxylation is 1. The lowest BCUT2D eigenvalue weighted by Gasteiger charge is -2.31. The molecule has 3 aliphatic heterocycles. The van der Waals surface area contributed by atoms with Crippen molar-refractivity contribution in [2.45, 2.75) is 160 Å². The average Bonchev–Trinajstić information content (AvgIpc) is 3.95. The lowest BCUT2D eigenvalue weighted by molar-refractivity contribution is -0.196. The van der Waals surface area contributed by atoms with Crippen molar-refractivity contribution in [1.29, 1.82) is 0 Å². The maximum atomic E-state index is 15.4. The van der Waals surface area contributed by atoms with Gasteiger partial charge in [-0.15, -0.1) is 0 Å². The van der Waals surface area contributed by atoms with Crippen molar-refractivity contribution in [3.63, 3.8) is 0 Å². The van der Waals surface area contributed by atoms with E-state index in [1.54, 1.807) is 33.8 Å². The van der Waals surface area contributed by atoms with E-state index in [1.807, 2.05) is 6.07 Å². The van der Waals surface area contributed by atoms with Crippen LogP contribution in [0.2, 0.25) is 0 Å². The van der Waals surface area contributed by atoms with Gasteiger partial charge < -0.3 is 76.1 Å². The zero-order chi connectivity index (χ0) is 61.0. The van der Waals surface area contributed by atoms with Gasteiger partial charge in [0.2, 0.25) is 29.5 Å². The maximum absolute atomic E-state index is 15.4. The van der Waals surface area contributed by atoms with Crippen LogP contribution >= 0.6 is 0 Å². The van der Waals surface area contributed by atoms with E-state index >= 15 is 4.39 Å². The molecule has 0 radical (unpaired) electrons. The first-order valence-corrected chi connectivity index (χ1v) is 27.2. The number of carbonyl (C=O) groups is 9. The highest BCUT2D eigenvalue weighted by molar-refractivity contribution is 6.12. The molecule has 8 atom stereocenters. The Balaban J connectivity index is 0.984. The molecule has 83 heavy (non-hydrogen) atoms. The molecule has 27 nitrogen and oxygen atoms in total. The molecule has 28 heteroatoms. The van der Waals surface area contributed by atoms with E-state index in [4.69, 9.17) is 24.4 Å². The monoisotopic (exact) mass is 1170 g/mol. The normalized spacial score (nSPS) is 17.8. The van der Waals surface area contributed by atoms with Crippen LogP contribution in [0.15, 0.2) is 35.1 Å². The Bertz CT molecular complexity index is 3060. The molecule has 7 amide bonds. The van der Waals surface area contributed by atoms with Crippen LogP contribution in [0.4, 0.5) is 4.39 Å². The number of hydrogen-bond donors (Lipinski definition) is 11. The van der Waals surface area contributed by atoms with Gasteiger partial charge in [0.15, 0.2) is 5.60 Å². The molecule has 0 spiro atoms. The van der Waals surface area contributed by atoms with Crippen molar-refractivity contribution in [3.05, 3.63) is 74.3 Å². The number of halogens is 1. The van der Waals surface area contributed by atoms with E-state index in [-0.39, 0.29) is 81.2 Å². The van der Waals surface area contributed by atoms with Crippen LogP contribution in [0.25, 0.3) is 22.3 Å². The lowest BCUT2D eigenvalue weighted by atomic mass is 9.86. The van der Waals surface area contributed by atoms with Gasteiger partial charge in [0.25, 0.3) is 17.4 Å². The van der Waals surface area contributed by atoms with Crippen molar-refractivity contribution in [3.8, 4) is 11.4 Å². The molecule has 3 aliphatic rings. The number of hydrogen-bond acceptors (Lipinski definition) is 20. The molecule has 5 heterocycles. The third-order valence-corrected chi connectivity index (χ3v) is 14.6. The molecule has 6 rings (SSSR count). The summed E-state index contributed by atoms with van der Waals surface area (Å²) in [7, 11) is 0. The second kappa shape index (κ2) is 28.6. The van der Waals surface area contributed by atoms with Gasteiger partial charge in [-0.05, 0) is 88.0 Å². The summed E-state index contributed by atoms with van der Waals surface area (Å²) in [4.78, 5) is 138. The second-order valence-electron chi connectivity index (χ2n) is 20.9. The molecule has 3 aromatic rings. The highest BCUT2D eigenvalue weighted by Gasteiger charge is 2.45. The number of pyridine rings is 2. The number of aromatic nitrogens is 2. The zero-order valence-electron chi connectivity index (χ0n) is 46.5. The van der Waals surface area contributed by atoms with Gasteiger partial charge in [0.05, 0.1) is 41.7 Å². The molecule has 0 bridgehead atoms. The largest absolute Gasteiger partial charge is 0.458 e. The van der Waals surface area contributed by atoms with Gasteiger partial charge in [0.1, 0.15) is 55.6 Å². The minimum absolute atomic E-state index is 0.0167. The third kappa shape index (κ3) is 15.5. The summed E-state index contributed by atoms with van der Waals surface area (Å²) >= 11 is 0. The predicted molar refractivity (Wildman–Crippen MR) is 286 cm³/mol. The molecule has 0 saturated heterocycles. The highest BCUT2D eigenvalue weighted by Crippen LogP contribution is 2.39. The summed E-state index contributed by atoms with van der Waals surface area (Å²) in [6.45, 7) is 6.14. The molecule has 452 valence electrons. The lowest BCUT2D eigenvalue weighted by Crippen LogP contribution is -2.58. The average molecular weight is 1170 g/mol. The second-order valence-corrected chi connectivity index (χ2v) is 20.9. The summed E-state index contributed by atoms with van der Waals surface area (Å²) in [5, 5.41) is 73.5. The number of cyclic esters (lactones) is 1. The molecule has 2 aromatic heterocycles. The van der Waals surface area contributed by atoms with Gasteiger partial charge in [0, 0.05) is 67.1 Å². The summed E-state index contributed by atoms with van der Waals surface area (Å²) in [6.07, 6.45) is -5.52. The number of nitrogens with zero attached hydrogens (tertiary/aromatic N) is 3. The number of hydroxylamine groups is 2. The summed E-state index contributed by atoms with van der Waals surface area (Å²) in [5.74, 6) is -8.36. The van der Waals surface area contributed by atoms with Crippen LogP contribution in [-0.4, -0.2) is 168 Å². The number of rotatable bonds is 30. The fraction of sp³-hybridized carbons (Fsp3) is 0.545. The Hall–Kier alpha value is -7.60. The summed E-state index contributed by atoms with van der Waals surface area (Å²) in [6, 6.07) is 0.894. The zero-order valence-corrected chi connectivity index (χ0v) is 46.5. The van der Waals surface area contributed by atoms with Crippen molar-refractivity contribution >= 4 is 64.2 Å². The highest BCUT2D eigenvalue weighted by atomic mass is 19.1. The number of imide groups is 1. The minimum atomic E-state index is -2.00. The molecular weight excluding hydrogens is 1100 g/mol. The van der Waals surface area contributed by atoms with E-state index < -0.39 is 138 Å². The standard InChI is InChI=1S/C55H71FN8O19/c1-6-55(80)34-20-38-47-30(23-63(38)53(78)33(34)25-82-54(55)79)19-32-31(28(4)35(56)21-37(32)61-47)11-9-10-18-81-26-58-50(75)29(5)59-52(77)46(27(2)3)62-51(76)36(14-15-41(68)57-22-39(66)48(73)49(74)40(67)24-65)60-42(69)12-7-8-13-45(72)83-64-43(70)16-17-44(64)71/h16-17,19-21,27,29,36,39-40,46,48-49,65-67,73-74,80H,6-15,18,22-26H2,1-5H3,(H,57,68)(H,58,75)(H,59,77)(H,60,69)(H,62,76)/t29-,36-,39-,40+,46-,48+,49+,55-/m0/s1. The number of carbonyl (C=O) groups excluding carboxylic acids is 9. The van der Waals surface area contributed by atoms with Crippen LogP contribution in [0.1, 0.15) is 113 Å². The number of esters is 1. The predicted octanol–water partition coefficient (Wildman–Crippen LogP) is -1.65.